The molecule has 0 atom stereocenters. The summed E-state index contributed by atoms with van der Waals surface area (Å²) in [6, 6.07) is 4.14. The van der Waals surface area contributed by atoms with E-state index in [0.29, 0.717) is 5.82 Å². The normalized spacial score (nSPS) is 10.3. The molecule has 1 aromatic heterocycles. The predicted octanol–water partition coefficient (Wildman–Crippen LogP) is 0.719. The highest BCUT2D eigenvalue weighted by molar-refractivity contribution is 5.97. The summed E-state index contributed by atoms with van der Waals surface area (Å²) in [5.74, 6) is -0.618. The van der Waals surface area contributed by atoms with Crippen molar-refractivity contribution in [2.45, 2.75) is 13.5 Å². The number of carbonyl (C=O) groups is 1. The Morgan fingerprint density at radius 1 is 1.44 bits per heavy atom. The summed E-state index contributed by atoms with van der Waals surface area (Å²) >= 11 is 0. The van der Waals surface area contributed by atoms with Gasteiger partial charge in [-0.25, -0.2) is 0 Å². The van der Waals surface area contributed by atoms with Crippen LogP contribution in [0.15, 0.2) is 22.7 Å². The number of phenols is 2. The van der Waals surface area contributed by atoms with Crippen LogP contribution in [0.5, 0.6) is 11.5 Å². The van der Waals surface area contributed by atoms with Crippen molar-refractivity contribution in [1.29, 1.82) is 0 Å². The molecule has 0 bridgehead atoms. The minimum atomic E-state index is -0.542. The molecular formula is C11H11N3O4. The van der Waals surface area contributed by atoms with E-state index >= 15 is 0 Å². The highest BCUT2D eigenvalue weighted by Crippen LogP contribution is 2.27. The average Bonchev–Trinajstić information content (AvgIpc) is 2.76. The summed E-state index contributed by atoms with van der Waals surface area (Å²) in [6.07, 6.45) is 0. The number of amides is 1. The Morgan fingerprint density at radius 2 is 2.22 bits per heavy atom. The first-order valence-corrected chi connectivity index (χ1v) is 5.16. The van der Waals surface area contributed by atoms with Gasteiger partial charge in [0.25, 0.3) is 5.91 Å². The molecule has 3 N–H and O–H groups in total. The van der Waals surface area contributed by atoms with Crippen LogP contribution in [-0.4, -0.2) is 26.3 Å². The molecule has 7 heteroatoms. The van der Waals surface area contributed by atoms with Gasteiger partial charge in [0.05, 0.1) is 12.1 Å². The number of carbonyl (C=O) groups excluding carboxylic acids is 1. The van der Waals surface area contributed by atoms with Gasteiger partial charge in [-0.15, -0.1) is 0 Å². The van der Waals surface area contributed by atoms with Crippen LogP contribution in [0.1, 0.15) is 22.1 Å². The average molecular weight is 249 g/mol. The van der Waals surface area contributed by atoms with E-state index in [0.717, 1.165) is 0 Å². The Kier molecular flexibility index (Phi) is 3.13. The standard InChI is InChI=1S/C11H11N3O4/c1-6-13-9(18-14-6)5-12-11(17)7-3-2-4-8(15)10(7)16/h2-4,15-16H,5H2,1H3,(H,12,17). The minimum Gasteiger partial charge on any atom is -0.504 e. The van der Waals surface area contributed by atoms with E-state index in [-0.39, 0.29) is 23.7 Å². The Hall–Kier alpha value is -2.57. The molecule has 0 spiro atoms. The number of rotatable bonds is 3. The van der Waals surface area contributed by atoms with E-state index in [9.17, 15) is 15.0 Å². The third kappa shape index (κ3) is 2.40. The first kappa shape index (κ1) is 11.9. The molecule has 0 radical (unpaired) electrons. The monoisotopic (exact) mass is 249 g/mol. The van der Waals surface area contributed by atoms with Crippen LogP contribution in [0, 0.1) is 6.92 Å². The van der Waals surface area contributed by atoms with E-state index in [1.807, 2.05) is 0 Å². The molecule has 18 heavy (non-hydrogen) atoms. The number of hydrogen-bond acceptors (Lipinski definition) is 6. The van der Waals surface area contributed by atoms with Gasteiger partial charge in [-0.1, -0.05) is 11.2 Å². The zero-order valence-electron chi connectivity index (χ0n) is 9.54. The molecule has 0 aliphatic heterocycles. The number of aryl methyl sites for hydroxylation is 1. The molecular weight excluding hydrogens is 238 g/mol. The predicted molar refractivity (Wildman–Crippen MR) is 60.0 cm³/mol. The minimum absolute atomic E-state index is 0.0220. The number of hydrogen-bond donors (Lipinski definition) is 3. The van der Waals surface area contributed by atoms with Crippen LogP contribution in [0.2, 0.25) is 0 Å². The Morgan fingerprint density at radius 3 is 2.89 bits per heavy atom. The molecule has 0 saturated carbocycles. The molecule has 2 rings (SSSR count). The van der Waals surface area contributed by atoms with Gasteiger partial charge in [0.15, 0.2) is 17.3 Å². The highest BCUT2D eigenvalue weighted by atomic mass is 16.5. The fraction of sp³-hybridized carbons (Fsp3) is 0.182. The van der Waals surface area contributed by atoms with Crippen LogP contribution in [0.4, 0.5) is 0 Å². The van der Waals surface area contributed by atoms with Crippen molar-refractivity contribution in [3.63, 3.8) is 0 Å². The smallest absolute Gasteiger partial charge is 0.255 e. The molecule has 0 fully saturated rings. The second kappa shape index (κ2) is 4.74. The topological polar surface area (TPSA) is 108 Å². The van der Waals surface area contributed by atoms with Gasteiger partial charge >= 0.3 is 0 Å². The second-order valence-electron chi connectivity index (χ2n) is 3.59. The van der Waals surface area contributed by atoms with Crippen molar-refractivity contribution in [2.75, 3.05) is 0 Å². The van der Waals surface area contributed by atoms with Gasteiger partial charge in [-0.2, -0.15) is 4.98 Å². The maximum absolute atomic E-state index is 11.7. The quantitative estimate of drug-likeness (QED) is 0.691. The molecule has 94 valence electrons. The number of nitrogens with zero attached hydrogens (tertiary/aromatic N) is 2. The molecule has 1 amide bonds. The third-order valence-electron chi connectivity index (χ3n) is 2.23. The molecule has 7 nitrogen and oxygen atoms in total. The van der Waals surface area contributed by atoms with Gasteiger partial charge in [0.2, 0.25) is 5.89 Å². The van der Waals surface area contributed by atoms with E-state index in [4.69, 9.17) is 4.52 Å². The summed E-state index contributed by atoms with van der Waals surface area (Å²) < 4.78 is 4.82. The van der Waals surface area contributed by atoms with Crippen LogP contribution >= 0.6 is 0 Å². The summed E-state index contributed by atoms with van der Waals surface area (Å²) in [5.41, 5.74) is -0.0220. The molecule has 0 aliphatic rings. The Bertz CT molecular complexity index is 579. The number of phenolic OH excluding ortho intramolecular Hbond substituents is 2. The van der Waals surface area contributed by atoms with Crippen molar-refractivity contribution >= 4 is 5.91 Å². The second-order valence-corrected chi connectivity index (χ2v) is 3.59. The summed E-state index contributed by atoms with van der Waals surface area (Å²) in [7, 11) is 0. The molecule has 1 heterocycles. The van der Waals surface area contributed by atoms with Crippen LogP contribution in [0.3, 0.4) is 0 Å². The zero-order chi connectivity index (χ0) is 13.1. The number of para-hydroxylation sites is 1. The highest BCUT2D eigenvalue weighted by Gasteiger charge is 2.14. The molecule has 1 aromatic carbocycles. The van der Waals surface area contributed by atoms with Gasteiger partial charge in [0.1, 0.15) is 0 Å². The summed E-state index contributed by atoms with van der Waals surface area (Å²) in [5, 5.41) is 24.8. The lowest BCUT2D eigenvalue weighted by Crippen LogP contribution is -2.23. The van der Waals surface area contributed by atoms with Crippen LogP contribution < -0.4 is 5.32 Å². The van der Waals surface area contributed by atoms with Crippen molar-refractivity contribution < 1.29 is 19.5 Å². The number of aromatic hydroxyl groups is 2. The lowest BCUT2D eigenvalue weighted by atomic mass is 10.1. The summed E-state index contributed by atoms with van der Waals surface area (Å²) in [6.45, 7) is 1.71. The SMILES string of the molecule is Cc1noc(CNC(=O)c2cccc(O)c2O)n1. The van der Waals surface area contributed by atoms with Crippen molar-refractivity contribution in [2.24, 2.45) is 0 Å². The third-order valence-corrected chi connectivity index (χ3v) is 2.23. The van der Waals surface area contributed by atoms with Crippen molar-refractivity contribution in [1.82, 2.24) is 15.5 Å². The van der Waals surface area contributed by atoms with E-state index < -0.39 is 11.7 Å². The van der Waals surface area contributed by atoms with Gasteiger partial charge in [-0.05, 0) is 19.1 Å². The fourth-order valence-corrected chi connectivity index (χ4v) is 1.38. The first-order valence-electron chi connectivity index (χ1n) is 5.16. The molecule has 0 aliphatic carbocycles. The number of benzene rings is 1. The van der Waals surface area contributed by atoms with Crippen molar-refractivity contribution in [3.05, 3.63) is 35.5 Å². The van der Waals surface area contributed by atoms with E-state index in [1.165, 1.54) is 18.2 Å². The molecule has 0 unspecified atom stereocenters. The van der Waals surface area contributed by atoms with Gasteiger partial charge < -0.3 is 20.1 Å². The van der Waals surface area contributed by atoms with E-state index in [2.05, 4.69) is 15.5 Å². The lowest BCUT2D eigenvalue weighted by Gasteiger charge is -2.05. The maximum Gasteiger partial charge on any atom is 0.255 e. The first-order chi connectivity index (χ1) is 8.58. The lowest BCUT2D eigenvalue weighted by molar-refractivity contribution is 0.0943. The largest absolute Gasteiger partial charge is 0.504 e. The van der Waals surface area contributed by atoms with E-state index in [1.54, 1.807) is 6.92 Å². The summed E-state index contributed by atoms with van der Waals surface area (Å²) in [4.78, 5) is 15.6. The molecule has 0 saturated heterocycles. The van der Waals surface area contributed by atoms with Gasteiger partial charge in [-0.3, -0.25) is 4.79 Å². The van der Waals surface area contributed by atoms with Crippen molar-refractivity contribution in [3.8, 4) is 11.5 Å². The fourth-order valence-electron chi connectivity index (χ4n) is 1.38. The molecule has 2 aromatic rings. The van der Waals surface area contributed by atoms with Crippen LogP contribution in [0.25, 0.3) is 0 Å². The Balaban J connectivity index is 2.06. The van der Waals surface area contributed by atoms with Crippen LogP contribution in [-0.2, 0) is 6.54 Å². The number of nitrogens with one attached hydrogen (secondary N) is 1. The Labute approximate surface area is 102 Å². The number of aromatic nitrogens is 2. The maximum atomic E-state index is 11.7. The van der Waals surface area contributed by atoms with Gasteiger partial charge in [0, 0.05) is 0 Å². The zero-order valence-corrected chi connectivity index (χ0v) is 9.54.